The molecule has 2 aliphatic rings. The summed E-state index contributed by atoms with van der Waals surface area (Å²) in [4.78, 5) is 11.6. The first-order valence-electron chi connectivity index (χ1n) is 6.45. The lowest BCUT2D eigenvalue weighted by Gasteiger charge is -2.00. The molecule has 2 atom stereocenters. The topological polar surface area (TPSA) is 41.3 Å². The summed E-state index contributed by atoms with van der Waals surface area (Å²) in [6.07, 6.45) is 2.59. The first kappa shape index (κ1) is 12.8. The molecule has 18 heavy (non-hydrogen) atoms. The lowest BCUT2D eigenvalue weighted by Crippen LogP contribution is -2.31. The predicted octanol–water partition coefficient (Wildman–Crippen LogP) is 1.55. The van der Waals surface area contributed by atoms with Crippen LogP contribution in [0.4, 0.5) is 0 Å². The van der Waals surface area contributed by atoms with Crippen molar-refractivity contribution < 1.29 is 14.2 Å². The lowest BCUT2D eigenvalue weighted by atomic mass is 10.1. The summed E-state index contributed by atoms with van der Waals surface area (Å²) in [6.45, 7) is 4.67. The van der Waals surface area contributed by atoms with Gasteiger partial charge in [-0.25, -0.2) is 0 Å². The number of nitrogens with zero attached hydrogens (tertiary/aromatic N) is 1. The molecule has 2 heterocycles. The van der Waals surface area contributed by atoms with Gasteiger partial charge in [0, 0.05) is 5.56 Å². The van der Waals surface area contributed by atoms with Gasteiger partial charge in [0.1, 0.15) is 5.92 Å². The van der Waals surface area contributed by atoms with E-state index in [9.17, 15) is 4.79 Å². The summed E-state index contributed by atoms with van der Waals surface area (Å²) in [5, 5.41) is 0. The van der Waals surface area contributed by atoms with Gasteiger partial charge in [-0.1, -0.05) is 36.7 Å². The number of rotatable bonds is 1. The zero-order chi connectivity index (χ0) is 13.0. The van der Waals surface area contributed by atoms with Crippen molar-refractivity contribution in [2.45, 2.75) is 26.5 Å². The van der Waals surface area contributed by atoms with E-state index in [0.29, 0.717) is 6.61 Å². The fraction of sp³-hybridized carbons (Fsp3) is 0.429. The molecule has 0 aliphatic carbocycles. The number of carbonyl (C=O) groups is 1. The highest BCUT2D eigenvalue weighted by atomic mass is 16.5. The van der Waals surface area contributed by atoms with Crippen molar-refractivity contribution in [3.8, 4) is 0 Å². The molecule has 0 bridgehead atoms. The number of hydrogen-bond acceptors (Lipinski definition) is 2. The highest BCUT2D eigenvalue weighted by Gasteiger charge is 2.50. The van der Waals surface area contributed by atoms with Crippen LogP contribution in [-0.2, 0) is 9.53 Å². The summed E-state index contributed by atoms with van der Waals surface area (Å²) >= 11 is 0. The minimum Gasteiger partial charge on any atom is -0.319 e. The van der Waals surface area contributed by atoms with E-state index in [1.807, 2.05) is 50.4 Å². The molecule has 1 aromatic carbocycles. The molecule has 0 radical (unpaired) electrons. The molecule has 1 amide bonds. The standard InChI is InChI=1S/C12H12N2O2.C2H6/c15-11-10-6-7-16-12(10)14(13-11)8-9-4-2-1-3-5-9;1-2/h1-5,8,10,12H,6-7H2;1-2H3/p+1/b14-8-;. The monoisotopic (exact) mass is 247 g/mol. The first-order chi connectivity index (χ1) is 8.84. The van der Waals surface area contributed by atoms with E-state index < -0.39 is 0 Å². The molecular weight excluding hydrogens is 228 g/mol. The van der Waals surface area contributed by atoms with Crippen LogP contribution in [-0.4, -0.2) is 29.6 Å². The van der Waals surface area contributed by atoms with Crippen LogP contribution in [0.15, 0.2) is 30.3 Å². The second-order valence-electron chi connectivity index (χ2n) is 4.08. The van der Waals surface area contributed by atoms with Gasteiger partial charge in [0.05, 0.1) is 6.61 Å². The van der Waals surface area contributed by atoms with Crippen LogP contribution in [0.25, 0.3) is 0 Å². The molecule has 0 saturated carbocycles. The number of benzene rings is 1. The number of fused-ring (bicyclic) bond motifs is 1. The van der Waals surface area contributed by atoms with Gasteiger partial charge in [-0.3, -0.25) is 4.79 Å². The normalized spacial score (nSPS) is 27.4. The van der Waals surface area contributed by atoms with Gasteiger partial charge >= 0.3 is 0 Å². The van der Waals surface area contributed by atoms with Crippen LogP contribution in [0, 0.1) is 5.92 Å². The fourth-order valence-corrected chi connectivity index (χ4v) is 2.19. The quantitative estimate of drug-likeness (QED) is 0.765. The van der Waals surface area contributed by atoms with Crippen molar-refractivity contribution in [1.29, 1.82) is 0 Å². The number of nitrogens with one attached hydrogen (secondary N) is 1. The van der Waals surface area contributed by atoms with Crippen molar-refractivity contribution in [2.75, 3.05) is 6.61 Å². The molecule has 2 aliphatic heterocycles. The van der Waals surface area contributed by atoms with Crippen molar-refractivity contribution in [1.82, 2.24) is 5.43 Å². The summed E-state index contributed by atoms with van der Waals surface area (Å²) in [5.74, 6) is 0.0506. The van der Waals surface area contributed by atoms with Crippen LogP contribution in [0.2, 0.25) is 0 Å². The van der Waals surface area contributed by atoms with Crippen LogP contribution in [0.3, 0.4) is 0 Å². The first-order valence-corrected chi connectivity index (χ1v) is 6.45. The Kier molecular flexibility index (Phi) is 4.10. The maximum Gasteiger partial charge on any atom is 0.297 e. The van der Waals surface area contributed by atoms with Gasteiger partial charge in [-0.2, -0.15) is 0 Å². The number of ether oxygens (including phenoxy) is 1. The third-order valence-corrected chi connectivity index (χ3v) is 3.00. The van der Waals surface area contributed by atoms with E-state index in [-0.39, 0.29) is 18.1 Å². The van der Waals surface area contributed by atoms with E-state index in [4.69, 9.17) is 4.74 Å². The lowest BCUT2D eigenvalue weighted by molar-refractivity contribution is -0.630. The van der Waals surface area contributed by atoms with E-state index in [1.165, 1.54) is 0 Å². The molecule has 2 saturated heterocycles. The molecule has 4 heteroatoms. The fourth-order valence-electron chi connectivity index (χ4n) is 2.19. The zero-order valence-corrected chi connectivity index (χ0v) is 10.8. The summed E-state index contributed by atoms with van der Waals surface area (Å²) < 4.78 is 7.32. The minimum absolute atomic E-state index is 0.0139. The molecule has 96 valence electrons. The van der Waals surface area contributed by atoms with Gasteiger partial charge in [-0.05, 0) is 18.6 Å². The maximum absolute atomic E-state index is 11.6. The number of hydrogen-bond donors (Lipinski definition) is 1. The molecule has 4 nitrogen and oxygen atoms in total. The SMILES string of the molecule is CC.O=C1N/[N+](=C\c2ccccc2)C2OCCC12. The Hall–Kier alpha value is -1.68. The highest BCUT2D eigenvalue weighted by Crippen LogP contribution is 2.25. The summed E-state index contributed by atoms with van der Waals surface area (Å²) in [7, 11) is 0. The molecule has 2 fully saturated rings. The van der Waals surface area contributed by atoms with Crippen molar-refractivity contribution in [2.24, 2.45) is 5.92 Å². The second-order valence-corrected chi connectivity index (χ2v) is 4.08. The zero-order valence-electron chi connectivity index (χ0n) is 10.8. The number of hydrazone groups is 1. The van der Waals surface area contributed by atoms with Crippen LogP contribution in [0.5, 0.6) is 0 Å². The Bertz CT molecular complexity index is 442. The highest BCUT2D eigenvalue weighted by molar-refractivity contribution is 5.82. The molecule has 0 spiro atoms. The molecule has 1 aromatic rings. The average molecular weight is 247 g/mol. The number of hydrazine groups is 1. The summed E-state index contributed by atoms with van der Waals surface area (Å²) in [5.41, 5.74) is 3.87. The number of carbonyl (C=O) groups excluding carboxylic acids is 1. The predicted molar refractivity (Wildman–Crippen MR) is 69.2 cm³/mol. The molecule has 2 unspecified atom stereocenters. The molecule has 3 rings (SSSR count). The Balaban J connectivity index is 0.000000574. The summed E-state index contributed by atoms with van der Waals surface area (Å²) in [6, 6.07) is 9.89. The van der Waals surface area contributed by atoms with Crippen LogP contribution < -0.4 is 5.43 Å². The van der Waals surface area contributed by atoms with Crippen LogP contribution >= 0.6 is 0 Å². The van der Waals surface area contributed by atoms with Crippen molar-refractivity contribution in [3.63, 3.8) is 0 Å². The molecule has 0 aromatic heterocycles. The van der Waals surface area contributed by atoms with E-state index in [1.54, 1.807) is 4.68 Å². The molecular formula is C14H19N2O2+. The molecule has 1 N–H and O–H groups in total. The third-order valence-electron chi connectivity index (χ3n) is 3.00. The van der Waals surface area contributed by atoms with Gasteiger partial charge in [0.25, 0.3) is 12.1 Å². The van der Waals surface area contributed by atoms with Gasteiger partial charge in [0.15, 0.2) is 0 Å². The average Bonchev–Trinajstić information content (AvgIpc) is 2.99. The maximum atomic E-state index is 11.6. The van der Waals surface area contributed by atoms with Crippen molar-refractivity contribution in [3.05, 3.63) is 35.9 Å². The van der Waals surface area contributed by atoms with E-state index in [0.717, 1.165) is 12.0 Å². The largest absolute Gasteiger partial charge is 0.319 e. The van der Waals surface area contributed by atoms with Gasteiger partial charge in [-0.15, -0.1) is 5.43 Å². The Morgan fingerprint density at radius 3 is 2.78 bits per heavy atom. The van der Waals surface area contributed by atoms with Gasteiger partial charge < -0.3 is 4.74 Å². The smallest absolute Gasteiger partial charge is 0.297 e. The van der Waals surface area contributed by atoms with Crippen LogP contribution in [0.1, 0.15) is 25.8 Å². The van der Waals surface area contributed by atoms with Gasteiger partial charge in [0.2, 0.25) is 6.21 Å². The second kappa shape index (κ2) is 5.78. The number of amides is 1. The minimum atomic E-state index is -0.132. The Labute approximate surface area is 107 Å². The Morgan fingerprint density at radius 2 is 2.06 bits per heavy atom. The third kappa shape index (κ3) is 2.43. The van der Waals surface area contributed by atoms with Crippen molar-refractivity contribution >= 4 is 12.1 Å². The Morgan fingerprint density at radius 1 is 1.33 bits per heavy atom. The van der Waals surface area contributed by atoms with E-state index >= 15 is 0 Å². The van der Waals surface area contributed by atoms with E-state index in [2.05, 4.69) is 5.43 Å².